The zero-order valence-corrected chi connectivity index (χ0v) is 9.76. The fraction of sp³-hybridized carbons (Fsp3) is 0.417. The summed E-state index contributed by atoms with van der Waals surface area (Å²) in [7, 11) is 2.10. The third-order valence-corrected chi connectivity index (χ3v) is 2.29. The van der Waals surface area contributed by atoms with E-state index in [1.54, 1.807) is 0 Å². The Morgan fingerprint density at radius 3 is 2.56 bits per heavy atom. The van der Waals surface area contributed by atoms with Gasteiger partial charge < -0.3 is 16.4 Å². The second-order valence-electron chi connectivity index (χ2n) is 3.88. The van der Waals surface area contributed by atoms with Crippen LogP contribution in [0.25, 0.3) is 0 Å². The smallest absolute Gasteiger partial charge is 0.185 e. The van der Waals surface area contributed by atoms with Crippen molar-refractivity contribution in [1.29, 1.82) is 0 Å². The molecule has 0 heterocycles. The maximum Gasteiger partial charge on any atom is 0.185 e. The Hall–Kier alpha value is -1.55. The predicted molar refractivity (Wildman–Crippen MR) is 68.1 cm³/mol. The van der Waals surface area contributed by atoms with Crippen LogP contribution in [0.1, 0.15) is 12.0 Å². The molecular formula is C12H20N4. The van der Waals surface area contributed by atoms with Gasteiger partial charge in [-0.2, -0.15) is 0 Å². The first-order valence-electron chi connectivity index (χ1n) is 5.46. The molecule has 0 aromatic heterocycles. The fourth-order valence-corrected chi connectivity index (χ4v) is 1.52. The van der Waals surface area contributed by atoms with Gasteiger partial charge in [0.25, 0.3) is 0 Å². The highest BCUT2D eigenvalue weighted by molar-refractivity contribution is 5.75. The summed E-state index contributed by atoms with van der Waals surface area (Å²) in [5.74, 6) is 0.172. The van der Waals surface area contributed by atoms with Crippen molar-refractivity contribution in [3.05, 3.63) is 35.9 Å². The maximum absolute atomic E-state index is 5.25. The van der Waals surface area contributed by atoms with Gasteiger partial charge in [-0.1, -0.05) is 30.3 Å². The van der Waals surface area contributed by atoms with Gasteiger partial charge in [0.2, 0.25) is 0 Å². The monoisotopic (exact) mass is 220 g/mol. The van der Waals surface area contributed by atoms with Crippen LogP contribution in [0, 0.1) is 0 Å². The van der Waals surface area contributed by atoms with Crippen LogP contribution in [0.5, 0.6) is 0 Å². The Morgan fingerprint density at radius 2 is 1.94 bits per heavy atom. The average Bonchev–Trinajstić information content (AvgIpc) is 2.25. The molecule has 0 radical (unpaired) electrons. The third kappa shape index (κ3) is 5.36. The summed E-state index contributed by atoms with van der Waals surface area (Å²) >= 11 is 0. The second-order valence-corrected chi connectivity index (χ2v) is 3.88. The van der Waals surface area contributed by atoms with Crippen molar-refractivity contribution in [2.24, 2.45) is 16.5 Å². The van der Waals surface area contributed by atoms with Gasteiger partial charge in [-0.3, -0.25) is 4.99 Å². The molecule has 4 heteroatoms. The van der Waals surface area contributed by atoms with Gasteiger partial charge in [0, 0.05) is 13.1 Å². The van der Waals surface area contributed by atoms with E-state index in [4.69, 9.17) is 11.5 Å². The number of benzene rings is 1. The van der Waals surface area contributed by atoms with Gasteiger partial charge in [0.15, 0.2) is 5.96 Å². The molecule has 4 N–H and O–H groups in total. The van der Waals surface area contributed by atoms with E-state index in [0.717, 1.165) is 19.5 Å². The van der Waals surface area contributed by atoms with Crippen LogP contribution in [-0.4, -0.2) is 31.0 Å². The number of aliphatic imine (C=N–C) groups is 1. The molecule has 88 valence electrons. The molecule has 0 saturated heterocycles. The quantitative estimate of drug-likeness (QED) is 0.423. The molecule has 0 spiro atoms. The van der Waals surface area contributed by atoms with E-state index in [1.807, 2.05) is 6.07 Å². The van der Waals surface area contributed by atoms with Crippen LogP contribution >= 0.6 is 0 Å². The Balaban J connectivity index is 2.21. The highest BCUT2D eigenvalue weighted by atomic mass is 15.1. The molecule has 16 heavy (non-hydrogen) atoms. The SMILES string of the molecule is CN(CCCN=C(N)N)Cc1ccccc1. The first kappa shape index (κ1) is 12.5. The van der Waals surface area contributed by atoms with Crippen molar-refractivity contribution >= 4 is 5.96 Å². The Kier molecular flexibility index (Phi) is 5.36. The van der Waals surface area contributed by atoms with Gasteiger partial charge in [-0.05, 0) is 25.6 Å². The molecule has 0 unspecified atom stereocenters. The Bertz CT molecular complexity index is 317. The van der Waals surface area contributed by atoms with Crippen LogP contribution in [0.15, 0.2) is 35.3 Å². The summed E-state index contributed by atoms with van der Waals surface area (Å²) < 4.78 is 0. The van der Waals surface area contributed by atoms with E-state index in [9.17, 15) is 0 Å². The second kappa shape index (κ2) is 6.85. The molecule has 0 bridgehead atoms. The molecule has 0 aliphatic carbocycles. The Labute approximate surface area is 97.0 Å². The molecule has 0 fully saturated rings. The zero-order chi connectivity index (χ0) is 11.8. The first-order chi connectivity index (χ1) is 7.68. The number of rotatable bonds is 6. The van der Waals surface area contributed by atoms with Gasteiger partial charge in [-0.15, -0.1) is 0 Å². The van der Waals surface area contributed by atoms with Crippen molar-refractivity contribution in [3.63, 3.8) is 0 Å². The topological polar surface area (TPSA) is 67.6 Å². The summed E-state index contributed by atoms with van der Waals surface area (Å²) in [6.45, 7) is 2.65. The number of hydrogen-bond donors (Lipinski definition) is 2. The molecular weight excluding hydrogens is 200 g/mol. The Morgan fingerprint density at radius 1 is 1.25 bits per heavy atom. The zero-order valence-electron chi connectivity index (χ0n) is 9.76. The maximum atomic E-state index is 5.25. The lowest BCUT2D eigenvalue weighted by molar-refractivity contribution is 0.324. The number of guanidine groups is 1. The highest BCUT2D eigenvalue weighted by Gasteiger charge is 1.98. The standard InChI is InChI=1S/C12H20N4/c1-16(9-5-8-15-12(13)14)10-11-6-3-2-4-7-11/h2-4,6-7H,5,8-10H2,1H3,(H4,13,14,15). The normalized spacial score (nSPS) is 10.4. The lowest BCUT2D eigenvalue weighted by atomic mass is 10.2. The summed E-state index contributed by atoms with van der Waals surface area (Å²) in [4.78, 5) is 6.21. The van der Waals surface area contributed by atoms with Gasteiger partial charge in [0.05, 0.1) is 0 Å². The molecule has 0 aliphatic heterocycles. The van der Waals surface area contributed by atoms with Crippen LogP contribution < -0.4 is 11.5 Å². The molecule has 0 amide bonds. The van der Waals surface area contributed by atoms with E-state index in [-0.39, 0.29) is 5.96 Å². The van der Waals surface area contributed by atoms with Crippen molar-refractivity contribution in [2.45, 2.75) is 13.0 Å². The third-order valence-electron chi connectivity index (χ3n) is 2.29. The minimum atomic E-state index is 0.172. The summed E-state index contributed by atoms with van der Waals surface area (Å²) in [6.07, 6.45) is 0.973. The van der Waals surface area contributed by atoms with Crippen molar-refractivity contribution < 1.29 is 0 Å². The summed E-state index contributed by atoms with van der Waals surface area (Å²) in [5, 5.41) is 0. The molecule has 1 rings (SSSR count). The van der Waals surface area contributed by atoms with E-state index in [0.29, 0.717) is 6.54 Å². The average molecular weight is 220 g/mol. The van der Waals surface area contributed by atoms with Gasteiger partial charge in [0.1, 0.15) is 0 Å². The highest BCUT2D eigenvalue weighted by Crippen LogP contribution is 2.02. The van der Waals surface area contributed by atoms with Crippen molar-refractivity contribution in [1.82, 2.24) is 4.90 Å². The van der Waals surface area contributed by atoms with Crippen LogP contribution in [0.2, 0.25) is 0 Å². The lowest BCUT2D eigenvalue weighted by Gasteiger charge is -2.15. The van der Waals surface area contributed by atoms with Crippen molar-refractivity contribution in [2.75, 3.05) is 20.1 Å². The fourth-order valence-electron chi connectivity index (χ4n) is 1.52. The first-order valence-corrected chi connectivity index (χ1v) is 5.46. The van der Waals surface area contributed by atoms with Crippen LogP contribution in [-0.2, 0) is 6.54 Å². The van der Waals surface area contributed by atoms with Crippen LogP contribution in [0.4, 0.5) is 0 Å². The molecule has 0 saturated carbocycles. The van der Waals surface area contributed by atoms with Crippen molar-refractivity contribution in [3.8, 4) is 0 Å². The van der Waals surface area contributed by atoms with E-state index < -0.39 is 0 Å². The number of nitrogens with two attached hydrogens (primary N) is 2. The van der Waals surface area contributed by atoms with Gasteiger partial charge in [-0.25, -0.2) is 0 Å². The van der Waals surface area contributed by atoms with E-state index in [1.165, 1.54) is 5.56 Å². The molecule has 1 aromatic carbocycles. The predicted octanol–water partition coefficient (Wildman–Crippen LogP) is 0.782. The molecule has 0 aliphatic rings. The summed E-state index contributed by atoms with van der Waals surface area (Å²) in [6, 6.07) is 10.4. The number of nitrogens with zero attached hydrogens (tertiary/aromatic N) is 2. The van der Waals surface area contributed by atoms with E-state index in [2.05, 4.69) is 41.2 Å². The molecule has 0 atom stereocenters. The lowest BCUT2D eigenvalue weighted by Crippen LogP contribution is -2.24. The minimum Gasteiger partial charge on any atom is -0.370 e. The summed E-state index contributed by atoms with van der Waals surface area (Å²) in [5.41, 5.74) is 11.8. The number of hydrogen-bond acceptors (Lipinski definition) is 2. The minimum absolute atomic E-state index is 0.172. The molecule has 1 aromatic rings. The molecule has 4 nitrogen and oxygen atoms in total. The largest absolute Gasteiger partial charge is 0.370 e. The van der Waals surface area contributed by atoms with Gasteiger partial charge >= 0.3 is 0 Å². The van der Waals surface area contributed by atoms with E-state index >= 15 is 0 Å². The van der Waals surface area contributed by atoms with Crippen LogP contribution in [0.3, 0.4) is 0 Å².